The lowest BCUT2D eigenvalue weighted by Crippen LogP contribution is -2.26. The van der Waals surface area contributed by atoms with Crippen molar-refractivity contribution in [3.63, 3.8) is 0 Å². The predicted octanol–water partition coefficient (Wildman–Crippen LogP) is 2.33. The van der Waals surface area contributed by atoms with Gasteiger partial charge in [-0.2, -0.15) is 0 Å². The minimum Gasteiger partial charge on any atom is -0.467 e. The van der Waals surface area contributed by atoms with Gasteiger partial charge in [0.05, 0.1) is 11.3 Å². The summed E-state index contributed by atoms with van der Waals surface area (Å²) in [6.07, 6.45) is 0.808. The van der Waals surface area contributed by atoms with Crippen LogP contribution in [-0.2, 0) is 10.0 Å². The zero-order chi connectivity index (χ0) is 14.6. The summed E-state index contributed by atoms with van der Waals surface area (Å²) < 4.78 is 31.5. The van der Waals surface area contributed by atoms with Crippen molar-refractivity contribution in [2.24, 2.45) is 0 Å². The average molecular weight is 316 g/mol. The van der Waals surface area contributed by atoms with Crippen molar-refractivity contribution in [2.45, 2.75) is 17.4 Å². The summed E-state index contributed by atoms with van der Waals surface area (Å²) >= 11 is 5.85. The quantitative estimate of drug-likeness (QED) is 0.857. The van der Waals surface area contributed by atoms with Crippen LogP contribution in [0.15, 0.2) is 52.0 Å². The van der Waals surface area contributed by atoms with Gasteiger partial charge in [0.2, 0.25) is 10.0 Å². The number of furan rings is 1. The molecule has 7 heteroatoms. The monoisotopic (exact) mass is 315 g/mol. The largest absolute Gasteiger partial charge is 0.467 e. The van der Waals surface area contributed by atoms with E-state index in [0.29, 0.717) is 5.76 Å². The van der Waals surface area contributed by atoms with Gasteiger partial charge < -0.3 is 9.52 Å². The fourth-order valence-electron chi connectivity index (χ4n) is 1.69. The first-order valence-corrected chi connectivity index (χ1v) is 7.82. The molecule has 5 nitrogen and oxygen atoms in total. The number of aliphatic hydroxyl groups is 1. The summed E-state index contributed by atoms with van der Waals surface area (Å²) in [5.41, 5.74) is 0. The Balaban J connectivity index is 1.95. The van der Waals surface area contributed by atoms with Gasteiger partial charge in [-0.3, -0.25) is 0 Å². The lowest BCUT2D eigenvalue weighted by atomic mass is 10.2. The third-order valence-electron chi connectivity index (χ3n) is 2.71. The van der Waals surface area contributed by atoms with E-state index in [2.05, 4.69) is 4.72 Å². The first kappa shape index (κ1) is 15.1. The van der Waals surface area contributed by atoms with E-state index >= 15 is 0 Å². The summed E-state index contributed by atoms with van der Waals surface area (Å²) in [5.74, 6) is 0.405. The van der Waals surface area contributed by atoms with Crippen molar-refractivity contribution in [3.05, 3.63) is 53.4 Å². The Morgan fingerprint density at radius 1 is 1.25 bits per heavy atom. The van der Waals surface area contributed by atoms with E-state index in [4.69, 9.17) is 16.0 Å². The number of aliphatic hydroxyl groups excluding tert-OH is 1. The normalized spacial score (nSPS) is 13.3. The minimum absolute atomic E-state index is 0.0224. The highest BCUT2D eigenvalue weighted by Crippen LogP contribution is 2.21. The second-order valence-corrected chi connectivity index (χ2v) is 6.29. The summed E-state index contributed by atoms with van der Waals surface area (Å²) in [6.45, 7) is 0.0788. The number of nitrogens with one attached hydrogen (secondary N) is 1. The standard InChI is InChI=1S/C13H14ClNO4S/c14-10-4-1-2-6-13(10)20(17,18)15-8-7-11(16)12-5-3-9-19-12/h1-6,9,11,15-16H,7-8H2/t11-/m0/s1. The van der Waals surface area contributed by atoms with Crippen molar-refractivity contribution in [2.75, 3.05) is 6.54 Å². The molecule has 20 heavy (non-hydrogen) atoms. The molecule has 0 saturated carbocycles. The topological polar surface area (TPSA) is 79.5 Å². The fraction of sp³-hybridized carbons (Fsp3) is 0.231. The highest BCUT2D eigenvalue weighted by atomic mass is 35.5. The van der Waals surface area contributed by atoms with Crippen molar-refractivity contribution < 1.29 is 17.9 Å². The molecule has 0 saturated heterocycles. The van der Waals surface area contributed by atoms with Crippen LogP contribution in [0.3, 0.4) is 0 Å². The molecule has 0 aliphatic carbocycles. The van der Waals surface area contributed by atoms with Crippen LogP contribution in [-0.4, -0.2) is 20.1 Å². The van der Waals surface area contributed by atoms with Crippen LogP contribution in [0.5, 0.6) is 0 Å². The van der Waals surface area contributed by atoms with E-state index in [1.165, 1.54) is 18.4 Å². The molecular weight excluding hydrogens is 302 g/mol. The van der Waals surface area contributed by atoms with E-state index < -0.39 is 16.1 Å². The Morgan fingerprint density at radius 3 is 2.65 bits per heavy atom. The van der Waals surface area contributed by atoms with Crippen LogP contribution >= 0.6 is 11.6 Å². The molecular formula is C13H14ClNO4S. The second-order valence-electron chi connectivity index (χ2n) is 4.15. The number of hydrogen-bond donors (Lipinski definition) is 2. The first-order chi connectivity index (χ1) is 9.50. The Morgan fingerprint density at radius 2 is 2.00 bits per heavy atom. The van der Waals surface area contributed by atoms with Crippen molar-refractivity contribution in [1.29, 1.82) is 0 Å². The van der Waals surface area contributed by atoms with E-state index in [0.717, 1.165) is 0 Å². The SMILES string of the molecule is O=S(=O)(NCC[C@H](O)c1ccco1)c1ccccc1Cl. The molecule has 0 fully saturated rings. The van der Waals surface area contributed by atoms with Crippen molar-refractivity contribution >= 4 is 21.6 Å². The fourth-order valence-corrected chi connectivity index (χ4v) is 3.26. The third-order valence-corrected chi connectivity index (χ3v) is 4.67. The van der Waals surface area contributed by atoms with E-state index in [9.17, 15) is 13.5 Å². The van der Waals surface area contributed by atoms with Gasteiger partial charge in [0, 0.05) is 6.54 Å². The molecule has 2 aromatic rings. The van der Waals surface area contributed by atoms with Gasteiger partial charge in [-0.15, -0.1) is 0 Å². The summed E-state index contributed by atoms with van der Waals surface area (Å²) in [4.78, 5) is 0.0224. The number of hydrogen-bond acceptors (Lipinski definition) is 4. The Hall–Kier alpha value is -1.34. The van der Waals surface area contributed by atoms with Gasteiger partial charge in [-0.1, -0.05) is 23.7 Å². The molecule has 0 aliphatic rings. The summed E-state index contributed by atoms with van der Waals surface area (Å²) in [7, 11) is -3.68. The zero-order valence-electron chi connectivity index (χ0n) is 10.5. The molecule has 2 rings (SSSR count). The van der Waals surface area contributed by atoms with Gasteiger partial charge in [0.1, 0.15) is 16.8 Å². The molecule has 1 atom stereocenters. The molecule has 0 amide bonds. The molecule has 2 N–H and O–H groups in total. The Bertz CT molecular complexity index is 655. The van der Waals surface area contributed by atoms with Gasteiger partial charge in [-0.05, 0) is 30.7 Å². The van der Waals surface area contributed by atoms with Gasteiger partial charge in [0.25, 0.3) is 0 Å². The summed E-state index contributed by atoms with van der Waals surface area (Å²) in [5, 5.41) is 9.94. The predicted molar refractivity (Wildman–Crippen MR) is 74.9 cm³/mol. The zero-order valence-corrected chi connectivity index (χ0v) is 12.1. The average Bonchev–Trinajstić information content (AvgIpc) is 2.92. The van der Waals surface area contributed by atoms with E-state index in [-0.39, 0.29) is 22.9 Å². The molecule has 1 heterocycles. The molecule has 0 unspecified atom stereocenters. The summed E-state index contributed by atoms with van der Waals surface area (Å²) in [6, 6.07) is 9.47. The molecule has 0 spiro atoms. The number of benzene rings is 1. The maximum absolute atomic E-state index is 12.0. The molecule has 108 valence electrons. The van der Waals surface area contributed by atoms with E-state index in [1.54, 1.807) is 24.3 Å². The van der Waals surface area contributed by atoms with Crippen molar-refractivity contribution in [1.82, 2.24) is 4.72 Å². The van der Waals surface area contributed by atoms with Crippen LogP contribution in [0.25, 0.3) is 0 Å². The third kappa shape index (κ3) is 3.61. The Kier molecular flexibility index (Phi) is 4.82. The number of sulfonamides is 1. The van der Waals surface area contributed by atoms with Crippen molar-refractivity contribution in [3.8, 4) is 0 Å². The lowest BCUT2D eigenvalue weighted by molar-refractivity contribution is 0.142. The highest BCUT2D eigenvalue weighted by molar-refractivity contribution is 7.89. The second kappa shape index (κ2) is 6.41. The molecule has 0 radical (unpaired) electrons. The maximum Gasteiger partial charge on any atom is 0.242 e. The van der Waals surface area contributed by atoms with Crippen LogP contribution in [0, 0.1) is 0 Å². The minimum atomic E-state index is -3.68. The lowest BCUT2D eigenvalue weighted by Gasteiger charge is -2.10. The van der Waals surface area contributed by atoms with Crippen LogP contribution in [0.4, 0.5) is 0 Å². The van der Waals surface area contributed by atoms with E-state index in [1.807, 2.05) is 0 Å². The Labute approximate surface area is 122 Å². The van der Waals surface area contributed by atoms with Crippen LogP contribution in [0.2, 0.25) is 5.02 Å². The molecule has 1 aromatic heterocycles. The van der Waals surface area contributed by atoms with Crippen LogP contribution in [0.1, 0.15) is 18.3 Å². The smallest absolute Gasteiger partial charge is 0.242 e. The molecule has 0 aliphatic heterocycles. The van der Waals surface area contributed by atoms with Gasteiger partial charge >= 0.3 is 0 Å². The maximum atomic E-state index is 12.0. The molecule has 1 aromatic carbocycles. The van der Waals surface area contributed by atoms with Gasteiger partial charge in [-0.25, -0.2) is 13.1 Å². The molecule has 0 bridgehead atoms. The van der Waals surface area contributed by atoms with Crippen LogP contribution < -0.4 is 4.72 Å². The number of halogens is 1. The first-order valence-electron chi connectivity index (χ1n) is 5.96. The highest BCUT2D eigenvalue weighted by Gasteiger charge is 2.18. The van der Waals surface area contributed by atoms with Gasteiger partial charge in [0.15, 0.2) is 0 Å². The number of rotatable bonds is 6.